The van der Waals surface area contributed by atoms with Crippen LogP contribution in [-0.2, 0) is 17.1 Å². The van der Waals surface area contributed by atoms with E-state index in [9.17, 15) is 4.79 Å². The second-order valence-electron chi connectivity index (χ2n) is 5.34. The Labute approximate surface area is 140 Å². The second kappa shape index (κ2) is 7.42. The Morgan fingerprint density at radius 2 is 1.91 bits per heavy atom. The molecule has 0 saturated carbocycles. The van der Waals surface area contributed by atoms with Gasteiger partial charge in [0.05, 0.1) is 5.25 Å². The first kappa shape index (κ1) is 15.7. The second-order valence-corrected chi connectivity index (χ2v) is 6.67. The van der Waals surface area contributed by atoms with Crippen LogP contribution in [0.15, 0.2) is 48.5 Å². The van der Waals surface area contributed by atoms with E-state index < -0.39 is 0 Å². The van der Waals surface area contributed by atoms with Gasteiger partial charge in [-0.25, -0.2) is 0 Å². The molecule has 1 amide bonds. The molecule has 2 aromatic rings. The lowest BCUT2D eigenvalue weighted by Gasteiger charge is -2.12. The van der Waals surface area contributed by atoms with E-state index in [1.807, 2.05) is 43.3 Å². The number of nitrogens with one attached hydrogen (secondary N) is 1. The summed E-state index contributed by atoms with van der Waals surface area (Å²) in [5.74, 6) is 2.37. The summed E-state index contributed by atoms with van der Waals surface area (Å²) in [6, 6.07) is 15.9. The predicted octanol–water partition coefficient (Wildman–Crippen LogP) is 3.35. The number of rotatable bonds is 6. The van der Waals surface area contributed by atoms with Gasteiger partial charge < -0.3 is 14.8 Å². The van der Waals surface area contributed by atoms with Crippen LogP contribution in [0.3, 0.4) is 0 Å². The number of carbonyl (C=O) groups excluding carboxylic acids is 1. The van der Waals surface area contributed by atoms with Gasteiger partial charge in [-0.1, -0.05) is 36.4 Å². The quantitative estimate of drug-likeness (QED) is 0.883. The number of fused-ring (bicyclic) bond motifs is 1. The van der Waals surface area contributed by atoms with Crippen LogP contribution in [0.2, 0.25) is 0 Å². The van der Waals surface area contributed by atoms with Gasteiger partial charge in [-0.3, -0.25) is 4.79 Å². The summed E-state index contributed by atoms with van der Waals surface area (Å²) < 4.78 is 10.6. The maximum atomic E-state index is 12.2. The highest BCUT2D eigenvalue weighted by Crippen LogP contribution is 2.32. The van der Waals surface area contributed by atoms with E-state index in [2.05, 4.69) is 17.4 Å². The third-order valence-corrected chi connectivity index (χ3v) is 4.83. The van der Waals surface area contributed by atoms with Crippen LogP contribution in [0.1, 0.15) is 18.1 Å². The Hall–Kier alpha value is -2.14. The molecule has 0 spiro atoms. The average Bonchev–Trinajstić information content (AvgIpc) is 3.06. The number of hydrogen-bond acceptors (Lipinski definition) is 4. The molecule has 5 heteroatoms. The van der Waals surface area contributed by atoms with Gasteiger partial charge in [0, 0.05) is 12.3 Å². The van der Waals surface area contributed by atoms with Crippen molar-refractivity contribution in [2.24, 2.45) is 0 Å². The molecule has 0 fully saturated rings. The summed E-state index contributed by atoms with van der Waals surface area (Å²) in [4.78, 5) is 12.2. The smallest absolute Gasteiger partial charge is 0.233 e. The summed E-state index contributed by atoms with van der Waals surface area (Å²) in [5, 5.41) is 2.88. The van der Waals surface area contributed by atoms with Crippen LogP contribution >= 0.6 is 11.8 Å². The van der Waals surface area contributed by atoms with Gasteiger partial charge in [-0.15, -0.1) is 11.8 Å². The maximum Gasteiger partial charge on any atom is 0.233 e. The highest BCUT2D eigenvalue weighted by atomic mass is 32.2. The Balaban J connectivity index is 1.47. The Bertz CT molecular complexity index is 675. The predicted molar refractivity (Wildman–Crippen MR) is 91.6 cm³/mol. The molecule has 0 aromatic heterocycles. The number of hydrogen-bond donors (Lipinski definition) is 1. The largest absolute Gasteiger partial charge is 0.454 e. The summed E-state index contributed by atoms with van der Waals surface area (Å²) in [6.45, 7) is 2.69. The van der Waals surface area contributed by atoms with E-state index in [1.165, 1.54) is 5.56 Å². The van der Waals surface area contributed by atoms with Crippen molar-refractivity contribution in [3.63, 3.8) is 0 Å². The molecule has 0 radical (unpaired) electrons. The zero-order chi connectivity index (χ0) is 16.1. The summed E-state index contributed by atoms with van der Waals surface area (Å²) in [5.41, 5.74) is 2.23. The van der Waals surface area contributed by atoms with Crippen LogP contribution in [0.25, 0.3) is 0 Å². The lowest BCUT2D eigenvalue weighted by Crippen LogP contribution is -2.30. The van der Waals surface area contributed by atoms with Crippen molar-refractivity contribution >= 4 is 17.7 Å². The minimum atomic E-state index is -0.0933. The van der Waals surface area contributed by atoms with E-state index in [-0.39, 0.29) is 18.0 Å². The van der Waals surface area contributed by atoms with Gasteiger partial charge in [0.1, 0.15) is 0 Å². The standard InChI is InChI=1S/C18H19NO3S/c1-13(23-11-14-5-3-2-4-6-14)18(20)19-10-15-7-8-16-17(9-15)22-12-21-16/h2-9,13H,10-12H2,1H3,(H,19,20)/t13-/m0/s1. The average molecular weight is 329 g/mol. The molecule has 1 heterocycles. The molecule has 0 aliphatic carbocycles. The topological polar surface area (TPSA) is 47.6 Å². The molecule has 0 unspecified atom stereocenters. The van der Waals surface area contributed by atoms with Crippen molar-refractivity contribution in [3.05, 3.63) is 59.7 Å². The molecule has 1 N–H and O–H groups in total. The molecule has 0 saturated heterocycles. The summed E-state index contributed by atoms with van der Waals surface area (Å²) in [6.07, 6.45) is 0. The number of benzene rings is 2. The van der Waals surface area contributed by atoms with Gasteiger partial charge in [0.25, 0.3) is 0 Å². The van der Waals surface area contributed by atoms with Gasteiger partial charge >= 0.3 is 0 Å². The SMILES string of the molecule is C[C@H](SCc1ccccc1)C(=O)NCc1ccc2c(c1)OCO2. The highest BCUT2D eigenvalue weighted by molar-refractivity contribution is 7.99. The van der Waals surface area contributed by atoms with Crippen molar-refractivity contribution in [2.75, 3.05) is 6.79 Å². The van der Waals surface area contributed by atoms with E-state index in [0.717, 1.165) is 22.8 Å². The monoisotopic (exact) mass is 329 g/mol. The van der Waals surface area contributed by atoms with Gasteiger partial charge in [0.2, 0.25) is 12.7 Å². The molecule has 120 valence electrons. The molecule has 0 bridgehead atoms. The van der Waals surface area contributed by atoms with Gasteiger partial charge in [-0.2, -0.15) is 0 Å². The van der Waals surface area contributed by atoms with Crippen LogP contribution in [0.5, 0.6) is 11.5 Å². The molecular formula is C18H19NO3S. The third kappa shape index (κ3) is 4.20. The Kier molecular flexibility index (Phi) is 5.08. The molecular weight excluding hydrogens is 310 g/mol. The van der Waals surface area contributed by atoms with Crippen LogP contribution < -0.4 is 14.8 Å². The van der Waals surface area contributed by atoms with Crippen LogP contribution in [0, 0.1) is 0 Å². The molecule has 3 rings (SSSR count). The lowest BCUT2D eigenvalue weighted by molar-refractivity contribution is -0.120. The van der Waals surface area contributed by atoms with Gasteiger partial charge in [-0.05, 0) is 30.2 Å². The van der Waals surface area contributed by atoms with E-state index in [1.54, 1.807) is 11.8 Å². The molecule has 1 atom stereocenters. The molecule has 1 aliphatic rings. The van der Waals surface area contributed by atoms with Crippen molar-refractivity contribution in [2.45, 2.75) is 24.5 Å². The van der Waals surface area contributed by atoms with Crippen LogP contribution in [0.4, 0.5) is 0 Å². The zero-order valence-corrected chi connectivity index (χ0v) is 13.8. The first-order valence-corrected chi connectivity index (χ1v) is 8.59. The Morgan fingerprint density at radius 1 is 1.13 bits per heavy atom. The number of thioether (sulfide) groups is 1. The van der Waals surface area contributed by atoms with E-state index in [4.69, 9.17) is 9.47 Å². The van der Waals surface area contributed by atoms with Crippen molar-refractivity contribution in [1.29, 1.82) is 0 Å². The van der Waals surface area contributed by atoms with E-state index >= 15 is 0 Å². The van der Waals surface area contributed by atoms with Crippen molar-refractivity contribution in [1.82, 2.24) is 5.32 Å². The fourth-order valence-corrected chi connectivity index (χ4v) is 3.12. The first-order chi connectivity index (χ1) is 11.2. The maximum absolute atomic E-state index is 12.2. The zero-order valence-electron chi connectivity index (χ0n) is 13.0. The fraction of sp³-hybridized carbons (Fsp3) is 0.278. The van der Waals surface area contributed by atoms with E-state index in [0.29, 0.717) is 6.54 Å². The first-order valence-electron chi connectivity index (χ1n) is 7.54. The third-order valence-electron chi connectivity index (χ3n) is 3.62. The number of amides is 1. The fourth-order valence-electron chi connectivity index (χ4n) is 2.25. The summed E-state index contributed by atoms with van der Waals surface area (Å²) >= 11 is 1.64. The van der Waals surface area contributed by atoms with Crippen molar-refractivity contribution in [3.8, 4) is 11.5 Å². The molecule has 4 nitrogen and oxygen atoms in total. The number of ether oxygens (including phenoxy) is 2. The van der Waals surface area contributed by atoms with Crippen LogP contribution in [-0.4, -0.2) is 18.0 Å². The normalized spacial score (nSPS) is 13.6. The minimum Gasteiger partial charge on any atom is -0.454 e. The molecule has 23 heavy (non-hydrogen) atoms. The van der Waals surface area contributed by atoms with Gasteiger partial charge in [0.15, 0.2) is 11.5 Å². The lowest BCUT2D eigenvalue weighted by atomic mass is 10.2. The minimum absolute atomic E-state index is 0.0450. The van der Waals surface area contributed by atoms with Crippen molar-refractivity contribution < 1.29 is 14.3 Å². The molecule has 2 aromatic carbocycles. The summed E-state index contributed by atoms with van der Waals surface area (Å²) in [7, 11) is 0. The Morgan fingerprint density at radius 3 is 2.74 bits per heavy atom. The number of carbonyl (C=O) groups is 1. The highest BCUT2D eigenvalue weighted by Gasteiger charge is 2.15. The molecule has 1 aliphatic heterocycles.